The molecular weight excluding hydrogens is 230 g/mol. The van der Waals surface area contributed by atoms with Gasteiger partial charge in [0.1, 0.15) is 0 Å². The maximum atomic E-state index is 5.94. The van der Waals surface area contributed by atoms with Crippen molar-refractivity contribution in [1.29, 1.82) is 0 Å². The Kier molecular flexibility index (Phi) is 2.85. The molecule has 2 atom stereocenters. The van der Waals surface area contributed by atoms with Crippen molar-refractivity contribution in [1.82, 2.24) is 10.1 Å². The van der Waals surface area contributed by atoms with Gasteiger partial charge >= 0.3 is 0 Å². The number of hydrogen-bond donors (Lipinski definition) is 1. The first-order chi connectivity index (χ1) is 8.75. The fourth-order valence-corrected chi connectivity index (χ4v) is 2.14. The maximum absolute atomic E-state index is 5.94. The monoisotopic (exact) mass is 245 g/mol. The summed E-state index contributed by atoms with van der Waals surface area (Å²) >= 11 is 0. The lowest BCUT2D eigenvalue weighted by Gasteiger charge is -2.06. The van der Waals surface area contributed by atoms with Crippen molar-refractivity contribution in [3.05, 3.63) is 35.7 Å². The van der Waals surface area contributed by atoms with Crippen molar-refractivity contribution < 1.29 is 9.26 Å². The van der Waals surface area contributed by atoms with Crippen LogP contribution in [0.4, 0.5) is 0 Å². The first-order valence-electron chi connectivity index (χ1n) is 5.98. The number of aryl methyl sites for hydroxylation is 1. The summed E-state index contributed by atoms with van der Waals surface area (Å²) in [5, 5.41) is 4.03. The Morgan fingerprint density at radius 2 is 2.11 bits per heavy atom. The van der Waals surface area contributed by atoms with E-state index in [1.807, 2.05) is 31.2 Å². The molecule has 1 aliphatic heterocycles. The van der Waals surface area contributed by atoms with E-state index in [1.165, 1.54) is 0 Å². The maximum Gasteiger partial charge on any atom is 0.234 e. The van der Waals surface area contributed by atoms with E-state index in [9.17, 15) is 0 Å². The average Bonchev–Trinajstić information content (AvgIpc) is 2.98. The molecule has 0 bridgehead atoms. The largest absolute Gasteiger partial charge is 0.379 e. The van der Waals surface area contributed by atoms with Gasteiger partial charge in [-0.15, -0.1) is 0 Å². The number of nitrogens with two attached hydrogens (primary N) is 1. The fraction of sp³-hybridized carbons (Fsp3) is 0.385. The highest BCUT2D eigenvalue weighted by Crippen LogP contribution is 2.26. The molecule has 1 aliphatic rings. The Bertz CT molecular complexity index is 553. The summed E-state index contributed by atoms with van der Waals surface area (Å²) in [6.45, 7) is 3.12. The third-order valence-electron chi connectivity index (χ3n) is 3.27. The van der Waals surface area contributed by atoms with Gasteiger partial charge in [0.25, 0.3) is 0 Å². The zero-order valence-corrected chi connectivity index (χ0v) is 10.2. The lowest BCUT2D eigenvalue weighted by molar-refractivity contribution is 0.187. The van der Waals surface area contributed by atoms with Crippen LogP contribution in [0.3, 0.4) is 0 Å². The van der Waals surface area contributed by atoms with Crippen LogP contribution in [0.5, 0.6) is 0 Å². The molecule has 0 radical (unpaired) electrons. The molecular formula is C13H15N3O2. The van der Waals surface area contributed by atoms with Crippen LogP contribution in [0.1, 0.15) is 17.4 Å². The first kappa shape index (κ1) is 11.4. The summed E-state index contributed by atoms with van der Waals surface area (Å²) in [4.78, 5) is 4.44. The van der Waals surface area contributed by atoms with E-state index in [0.29, 0.717) is 24.9 Å². The van der Waals surface area contributed by atoms with E-state index >= 15 is 0 Å². The Morgan fingerprint density at radius 1 is 1.28 bits per heavy atom. The highest BCUT2D eigenvalue weighted by molar-refractivity contribution is 5.59. The van der Waals surface area contributed by atoms with Crippen molar-refractivity contribution in [2.24, 2.45) is 5.73 Å². The van der Waals surface area contributed by atoms with E-state index in [1.54, 1.807) is 0 Å². The third kappa shape index (κ3) is 1.91. The Labute approximate surface area is 105 Å². The number of aromatic nitrogens is 2. The lowest BCUT2D eigenvalue weighted by Crippen LogP contribution is -2.26. The van der Waals surface area contributed by atoms with E-state index in [-0.39, 0.29) is 12.0 Å². The molecule has 1 aromatic heterocycles. The smallest absolute Gasteiger partial charge is 0.234 e. The van der Waals surface area contributed by atoms with Gasteiger partial charge in [-0.05, 0) is 12.5 Å². The predicted molar refractivity (Wildman–Crippen MR) is 66.0 cm³/mol. The molecule has 0 spiro atoms. The second kappa shape index (κ2) is 4.51. The molecule has 2 N–H and O–H groups in total. The van der Waals surface area contributed by atoms with E-state index in [4.69, 9.17) is 15.0 Å². The summed E-state index contributed by atoms with van der Waals surface area (Å²) in [6, 6.07) is 7.89. The molecule has 18 heavy (non-hydrogen) atoms. The molecule has 2 aromatic rings. The minimum absolute atomic E-state index is 0.00951. The summed E-state index contributed by atoms with van der Waals surface area (Å²) in [7, 11) is 0. The zero-order valence-electron chi connectivity index (χ0n) is 10.2. The molecule has 0 saturated carbocycles. The van der Waals surface area contributed by atoms with Gasteiger partial charge in [-0.3, -0.25) is 0 Å². The van der Waals surface area contributed by atoms with Gasteiger partial charge in [-0.1, -0.05) is 29.4 Å². The standard InChI is InChI=1S/C13H15N3O2/c1-8-4-2-3-5-9(8)12-15-13(18-16-12)10-6-17-7-11(10)14/h2-5,10-11H,6-7,14H2,1H3. The number of rotatable bonds is 2. The summed E-state index contributed by atoms with van der Waals surface area (Å²) in [5.41, 5.74) is 8.04. The van der Waals surface area contributed by atoms with Crippen LogP contribution in [-0.2, 0) is 4.74 Å². The zero-order chi connectivity index (χ0) is 12.5. The van der Waals surface area contributed by atoms with Gasteiger partial charge in [0, 0.05) is 11.6 Å². The highest BCUT2D eigenvalue weighted by Gasteiger charge is 2.31. The number of benzene rings is 1. The molecule has 1 aromatic carbocycles. The Morgan fingerprint density at radius 3 is 2.83 bits per heavy atom. The van der Waals surface area contributed by atoms with Gasteiger partial charge < -0.3 is 15.0 Å². The fourth-order valence-electron chi connectivity index (χ4n) is 2.14. The summed E-state index contributed by atoms with van der Waals surface area (Å²) in [5.74, 6) is 1.19. The van der Waals surface area contributed by atoms with Crippen LogP contribution in [0.15, 0.2) is 28.8 Å². The van der Waals surface area contributed by atoms with Crippen molar-refractivity contribution in [2.75, 3.05) is 13.2 Å². The van der Waals surface area contributed by atoms with Crippen LogP contribution in [0, 0.1) is 6.92 Å². The predicted octanol–water partition coefficient (Wildman–Crippen LogP) is 1.49. The van der Waals surface area contributed by atoms with Gasteiger partial charge in [0.2, 0.25) is 11.7 Å². The van der Waals surface area contributed by atoms with Gasteiger partial charge in [0.05, 0.1) is 19.1 Å². The van der Waals surface area contributed by atoms with Crippen LogP contribution < -0.4 is 5.73 Å². The Balaban J connectivity index is 1.92. The molecule has 0 aliphatic carbocycles. The average molecular weight is 245 g/mol. The molecule has 94 valence electrons. The number of nitrogens with zero attached hydrogens (tertiary/aromatic N) is 2. The second-order valence-corrected chi connectivity index (χ2v) is 4.58. The Hall–Kier alpha value is -1.72. The normalized spacial score (nSPS) is 23.4. The minimum Gasteiger partial charge on any atom is -0.379 e. The van der Waals surface area contributed by atoms with Crippen LogP contribution in [0.2, 0.25) is 0 Å². The summed E-state index contributed by atoms with van der Waals surface area (Å²) < 4.78 is 10.6. The molecule has 1 saturated heterocycles. The topological polar surface area (TPSA) is 74.2 Å². The van der Waals surface area contributed by atoms with Crippen molar-refractivity contribution in [3.63, 3.8) is 0 Å². The lowest BCUT2D eigenvalue weighted by atomic mass is 10.1. The molecule has 3 rings (SSSR count). The van der Waals surface area contributed by atoms with Gasteiger partial charge in [-0.25, -0.2) is 0 Å². The van der Waals surface area contributed by atoms with E-state index < -0.39 is 0 Å². The second-order valence-electron chi connectivity index (χ2n) is 4.58. The summed E-state index contributed by atoms with van der Waals surface area (Å²) in [6.07, 6.45) is 0. The SMILES string of the molecule is Cc1ccccc1-c1noc(C2COCC2N)n1. The quantitative estimate of drug-likeness (QED) is 0.867. The van der Waals surface area contributed by atoms with Gasteiger partial charge in [0.15, 0.2) is 0 Å². The minimum atomic E-state index is -0.0600. The molecule has 0 amide bonds. The number of ether oxygens (including phenoxy) is 1. The van der Waals surface area contributed by atoms with Gasteiger partial charge in [-0.2, -0.15) is 4.98 Å². The molecule has 2 heterocycles. The van der Waals surface area contributed by atoms with Crippen LogP contribution >= 0.6 is 0 Å². The van der Waals surface area contributed by atoms with Crippen molar-refractivity contribution in [2.45, 2.75) is 18.9 Å². The van der Waals surface area contributed by atoms with E-state index in [2.05, 4.69) is 10.1 Å². The first-order valence-corrected chi connectivity index (χ1v) is 5.98. The third-order valence-corrected chi connectivity index (χ3v) is 3.27. The number of hydrogen-bond acceptors (Lipinski definition) is 5. The molecule has 1 fully saturated rings. The van der Waals surface area contributed by atoms with Crippen molar-refractivity contribution >= 4 is 0 Å². The van der Waals surface area contributed by atoms with Crippen molar-refractivity contribution in [3.8, 4) is 11.4 Å². The highest BCUT2D eigenvalue weighted by atomic mass is 16.5. The van der Waals surface area contributed by atoms with Crippen LogP contribution in [0.25, 0.3) is 11.4 Å². The molecule has 5 heteroatoms. The molecule has 2 unspecified atom stereocenters. The molecule has 5 nitrogen and oxygen atoms in total. The van der Waals surface area contributed by atoms with E-state index in [0.717, 1.165) is 11.1 Å². The van der Waals surface area contributed by atoms with Crippen LogP contribution in [-0.4, -0.2) is 29.4 Å².